The Bertz CT molecular complexity index is 1030. The van der Waals surface area contributed by atoms with E-state index >= 15 is 0 Å². The molecule has 7 nitrogen and oxygen atoms in total. The smallest absolute Gasteiger partial charge is 0.274 e. The van der Waals surface area contributed by atoms with Crippen molar-refractivity contribution in [1.29, 1.82) is 0 Å². The van der Waals surface area contributed by atoms with Crippen molar-refractivity contribution in [2.24, 2.45) is 0 Å². The number of hydroxylamine groups is 1. The highest BCUT2D eigenvalue weighted by molar-refractivity contribution is 7.89. The molecule has 2 aromatic carbocycles. The molecule has 26 heavy (non-hydrogen) atoms. The number of carbonyl (C=O) groups is 1. The number of carbonyl (C=O) groups excluding carboxylic acids is 1. The van der Waals surface area contributed by atoms with Gasteiger partial charge in [0.2, 0.25) is 10.0 Å². The number of fused-ring (bicyclic) bond motifs is 1. The summed E-state index contributed by atoms with van der Waals surface area (Å²) in [7, 11) is -3.69. The summed E-state index contributed by atoms with van der Waals surface area (Å²) in [5.74, 6) is -0.597. The largest absolute Gasteiger partial charge is 0.288 e. The highest BCUT2D eigenvalue weighted by Crippen LogP contribution is 2.20. The van der Waals surface area contributed by atoms with Crippen LogP contribution in [-0.4, -0.2) is 31.1 Å². The van der Waals surface area contributed by atoms with Crippen LogP contribution in [-0.2, 0) is 16.4 Å². The molecule has 0 unspecified atom stereocenters. The van der Waals surface area contributed by atoms with Crippen molar-refractivity contribution < 1.29 is 18.4 Å². The molecule has 0 aliphatic heterocycles. The molecule has 8 heteroatoms. The number of hydrogen-bond donors (Lipinski definition) is 3. The summed E-state index contributed by atoms with van der Waals surface area (Å²) in [6.07, 6.45) is 2.02. The number of sulfonamides is 1. The molecule has 1 heterocycles. The molecule has 1 amide bonds. The lowest BCUT2D eigenvalue weighted by Gasteiger charge is -2.09. The Morgan fingerprint density at radius 1 is 1.04 bits per heavy atom. The van der Waals surface area contributed by atoms with Gasteiger partial charge >= 0.3 is 0 Å². The first-order valence-electron chi connectivity index (χ1n) is 7.88. The number of rotatable bonds is 6. The third-order valence-corrected chi connectivity index (χ3v) is 5.40. The molecule has 134 valence electrons. The van der Waals surface area contributed by atoms with E-state index in [4.69, 9.17) is 5.21 Å². The molecular formula is C18H17N3O4S. The summed E-state index contributed by atoms with van der Waals surface area (Å²) in [5, 5.41) is 9.35. The van der Waals surface area contributed by atoms with Crippen molar-refractivity contribution in [1.82, 2.24) is 15.2 Å². The minimum Gasteiger partial charge on any atom is -0.288 e. The van der Waals surface area contributed by atoms with Gasteiger partial charge in [0, 0.05) is 23.7 Å². The van der Waals surface area contributed by atoms with E-state index in [1.54, 1.807) is 48.1 Å². The average Bonchev–Trinajstić information content (AvgIpc) is 2.67. The monoisotopic (exact) mass is 371 g/mol. The van der Waals surface area contributed by atoms with Gasteiger partial charge in [0.25, 0.3) is 5.91 Å². The Kier molecular flexibility index (Phi) is 5.27. The zero-order valence-electron chi connectivity index (χ0n) is 13.7. The van der Waals surface area contributed by atoms with E-state index in [0.29, 0.717) is 17.5 Å². The maximum absolute atomic E-state index is 12.6. The third-order valence-electron chi connectivity index (χ3n) is 3.91. The van der Waals surface area contributed by atoms with E-state index in [0.717, 1.165) is 10.9 Å². The van der Waals surface area contributed by atoms with Crippen LogP contribution in [0.1, 0.15) is 15.9 Å². The molecule has 0 spiro atoms. The topological polar surface area (TPSA) is 108 Å². The number of hydrogen-bond acceptors (Lipinski definition) is 5. The normalized spacial score (nSPS) is 11.4. The minimum absolute atomic E-state index is 0.144. The summed E-state index contributed by atoms with van der Waals surface area (Å²) in [6.45, 7) is 0.205. The van der Waals surface area contributed by atoms with Crippen LogP contribution in [0.3, 0.4) is 0 Å². The number of amides is 1. The Hall–Kier alpha value is -2.81. The van der Waals surface area contributed by atoms with Gasteiger partial charge < -0.3 is 0 Å². The van der Waals surface area contributed by atoms with Gasteiger partial charge in [0.15, 0.2) is 0 Å². The predicted molar refractivity (Wildman–Crippen MR) is 96.3 cm³/mol. The molecule has 0 fully saturated rings. The highest BCUT2D eigenvalue weighted by Gasteiger charge is 2.17. The van der Waals surface area contributed by atoms with Crippen molar-refractivity contribution in [3.05, 3.63) is 71.9 Å². The van der Waals surface area contributed by atoms with Crippen molar-refractivity contribution in [2.45, 2.75) is 11.3 Å². The van der Waals surface area contributed by atoms with Crippen molar-refractivity contribution in [3.8, 4) is 0 Å². The lowest BCUT2D eigenvalue weighted by Crippen LogP contribution is -2.26. The molecule has 1 aromatic heterocycles. The summed E-state index contributed by atoms with van der Waals surface area (Å²) in [5.41, 5.74) is 3.17. The van der Waals surface area contributed by atoms with Crippen LogP contribution in [0, 0.1) is 0 Å². The van der Waals surface area contributed by atoms with Gasteiger partial charge in [-0.15, -0.1) is 0 Å². The van der Waals surface area contributed by atoms with E-state index in [1.165, 1.54) is 6.07 Å². The summed E-state index contributed by atoms with van der Waals surface area (Å²) in [6, 6.07) is 15.1. The lowest BCUT2D eigenvalue weighted by molar-refractivity contribution is 0.0706. The third kappa shape index (κ3) is 3.88. The van der Waals surface area contributed by atoms with E-state index in [2.05, 4.69) is 9.71 Å². The van der Waals surface area contributed by atoms with E-state index < -0.39 is 15.9 Å². The fourth-order valence-corrected chi connectivity index (χ4v) is 3.80. The Balaban J connectivity index is 1.70. The van der Waals surface area contributed by atoms with Gasteiger partial charge in [-0.1, -0.05) is 30.3 Å². The number of benzene rings is 2. The van der Waals surface area contributed by atoms with Gasteiger partial charge in [-0.2, -0.15) is 0 Å². The molecule has 3 N–H and O–H groups in total. The number of nitrogens with one attached hydrogen (secondary N) is 2. The molecule has 0 bridgehead atoms. The van der Waals surface area contributed by atoms with E-state index in [-0.39, 0.29) is 11.4 Å². The SMILES string of the molecule is O=C(NO)c1ccc(CCNS(=O)(=O)c2cccc3cccnc23)cc1. The molecule has 0 saturated carbocycles. The van der Waals surface area contributed by atoms with Crippen LogP contribution in [0.4, 0.5) is 0 Å². The quantitative estimate of drug-likeness (QED) is 0.453. The van der Waals surface area contributed by atoms with E-state index in [9.17, 15) is 13.2 Å². The van der Waals surface area contributed by atoms with Crippen LogP contribution in [0.15, 0.2) is 65.7 Å². The van der Waals surface area contributed by atoms with Crippen LogP contribution in [0.25, 0.3) is 10.9 Å². The fraction of sp³-hybridized carbons (Fsp3) is 0.111. The van der Waals surface area contributed by atoms with Crippen LogP contribution < -0.4 is 10.2 Å². The maximum Gasteiger partial charge on any atom is 0.274 e. The van der Waals surface area contributed by atoms with Gasteiger partial charge in [0.1, 0.15) is 4.90 Å². The molecule has 3 aromatic rings. The molecule has 0 atom stereocenters. The summed E-state index contributed by atoms with van der Waals surface area (Å²) < 4.78 is 27.8. The number of para-hydroxylation sites is 1. The molecule has 0 aliphatic rings. The fourth-order valence-electron chi connectivity index (χ4n) is 2.59. The van der Waals surface area contributed by atoms with Gasteiger partial charge in [-0.3, -0.25) is 15.0 Å². The number of nitrogens with zero attached hydrogens (tertiary/aromatic N) is 1. The number of pyridine rings is 1. The standard InChI is InChI=1S/C18H17N3O4S/c22-18(21-23)15-8-6-13(7-9-15)10-12-20-26(24,25)16-5-1-3-14-4-2-11-19-17(14)16/h1-9,11,20,23H,10,12H2,(H,21,22). The van der Waals surface area contributed by atoms with Gasteiger partial charge in [-0.25, -0.2) is 18.6 Å². The molecule has 3 rings (SSSR count). The molecule has 0 saturated heterocycles. The second-order valence-corrected chi connectivity index (χ2v) is 7.35. The average molecular weight is 371 g/mol. The number of aromatic nitrogens is 1. The van der Waals surface area contributed by atoms with Gasteiger partial charge in [0.05, 0.1) is 5.52 Å². The van der Waals surface area contributed by atoms with E-state index in [1.807, 2.05) is 12.1 Å². The second-order valence-electron chi connectivity index (χ2n) is 5.62. The maximum atomic E-state index is 12.6. The lowest BCUT2D eigenvalue weighted by atomic mass is 10.1. The van der Waals surface area contributed by atoms with Crippen molar-refractivity contribution >= 4 is 26.8 Å². The summed E-state index contributed by atoms with van der Waals surface area (Å²) >= 11 is 0. The molecule has 0 aliphatic carbocycles. The highest BCUT2D eigenvalue weighted by atomic mass is 32.2. The Morgan fingerprint density at radius 2 is 1.77 bits per heavy atom. The Labute approximate surface area is 150 Å². The first kappa shape index (κ1) is 18.0. The van der Waals surface area contributed by atoms with Crippen molar-refractivity contribution in [3.63, 3.8) is 0 Å². The predicted octanol–water partition coefficient (Wildman–Crippen LogP) is 1.87. The molecule has 0 radical (unpaired) electrons. The zero-order chi connectivity index (χ0) is 18.6. The van der Waals surface area contributed by atoms with Crippen molar-refractivity contribution in [2.75, 3.05) is 6.54 Å². The first-order chi connectivity index (χ1) is 12.5. The van der Waals surface area contributed by atoms with Crippen LogP contribution in [0.2, 0.25) is 0 Å². The second kappa shape index (κ2) is 7.61. The van der Waals surface area contributed by atoms with Crippen LogP contribution >= 0.6 is 0 Å². The minimum atomic E-state index is -3.69. The Morgan fingerprint density at radius 3 is 2.50 bits per heavy atom. The first-order valence-corrected chi connectivity index (χ1v) is 9.36. The van der Waals surface area contributed by atoms with Crippen LogP contribution in [0.5, 0.6) is 0 Å². The summed E-state index contributed by atoms with van der Waals surface area (Å²) in [4.78, 5) is 15.6. The molecular weight excluding hydrogens is 354 g/mol. The zero-order valence-corrected chi connectivity index (χ0v) is 14.5. The van der Waals surface area contributed by atoms with Gasteiger partial charge in [-0.05, 0) is 36.2 Å².